The molecule has 3 aromatic carbocycles. The molecule has 0 spiro atoms. The molecule has 0 aliphatic carbocycles. The van der Waals surface area contributed by atoms with Crippen molar-refractivity contribution in [1.29, 1.82) is 0 Å². The summed E-state index contributed by atoms with van der Waals surface area (Å²) in [5.74, 6) is 0.112. The van der Waals surface area contributed by atoms with Crippen LogP contribution in [0.1, 0.15) is 0 Å². The van der Waals surface area contributed by atoms with E-state index in [0.717, 1.165) is 4.31 Å². The summed E-state index contributed by atoms with van der Waals surface area (Å²) >= 11 is 6.26. The van der Waals surface area contributed by atoms with Gasteiger partial charge >= 0.3 is 0 Å². The molecule has 0 heterocycles. The van der Waals surface area contributed by atoms with Gasteiger partial charge in [0.1, 0.15) is 18.9 Å². The molecule has 1 amide bonds. The average Bonchev–Trinajstić information content (AvgIpc) is 2.78. The smallest absolute Gasteiger partial charge is 0.264 e. The van der Waals surface area contributed by atoms with Crippen LogP contribution in [0.2, 0.25) is 5.02 Å². The van der Waals surface area contributed by atoms with Crippen LogP contribution in [0.4, 0.5) is 11.4 Å². The summed E-state index contributed by atoms with van der Waals surface area (Å²) in [6, 6.07) is 21.1. The van der Waals surface area contributed by atoms with E-state index in [9.17, 15) is 13.2 Å². The third-order valence-electron chi connectivity index (χ3n) is 4.25. The van der Waals surface area contributed by atoms with E-state index in [4.69, 9.17) is 16.3 Å². The van der Waals surface area contributed by atoms with Gasteiger partial charge in [-0.3, -0.25) is 9.10 Å². The van der Waals surface area contributed by atoms with E-state index in [1.54, 1.807) is 72.8 Å². The molecule has 0 saturated heterocycles. The highest BCUT2D eigenvalue weighted by Gasteiger charge is 2.28. The zero-order chi connectivity index (χ0) is 22.3. The minimum absolute atomic E-state index is 0.0615. The minimum Gasteiger partial charge on any atom is -0.490 e. The van der Waals surface area contributed by atoms with E-state index < -0.39 is 22.5 Å². The number of benzene rings is 3. The average molecular weight is 457 g/mol. The Kier molecular flexibility index (Phi) is 7.33. The van der Waals surface area contributed by atoms with Crippen LogP contribution >= 0.6 is 11.6 Å². The minimum atomic E-state index is -4.02. The number of hydrogen-bond acceptors (Lipinski definition) is 4. The van der Waals surface area contributed by atoms with Gasteiger partial charge in [0.15, 0.2) is 0 Å². The van der Waals surface area contributed by atoms with Gasteiger partial charge in [0, 0.05) is 5.69 Å². The van der Waals surface area contributed by atoms with Gasteiger partial charge in [-0.2, -0.15) is 0 Å². The summed E-state index contributed by atoms with van der Waals surface area (Å²) in [5, 5.41) is 2.93. The van der Waals surface area contributed by atoms with Crippen molar-refractivity contribution < 1.29 is 17.9 Å². The van der Waals surface area contributed by atoms with Crippen LogP contribution in [0.5, 0.6) is 5.75 Å². The molecule has 8 heteroatoms. The van der Waals surface area contributed by atoms with E-state index in [0.29, 0.717) is 18.0 Å². The molecule has 3 rings (SSSR count). The molecule has 0 saturated carbocycles. The summed E-state index contributed by atoms with van der Waals surface area (Å²) in [5.41, 5.74) is 0.725. The SMILES string of the molecule is C=CCOc1ccc(NC(=O)CN(c2ccccc2Cl)S(=O)(=O)c2ccccc2)cc1. The number of carbonyl (C=O) groups is 1. The predicted molar refractivity (Wildman–Crippen MR) is 123 cm³/mol. The van der Waals surface area contributed by atoms with Crippen molar-refractivity contribution in [2.24, 2.45) is 0 Å². The lowest BCUT2D eigenvalue weighted by molar-refractivity contribution is -0.114. The Morgan fingerprint density at radius 1 is 1.00 bits per heavy atom. The Morgan fingerprint density at radius 3 is 2.29 bits per heavy atom. The molecule has 0 aliphatic rings. The Morgan fingerprint density at radius 2 is 1.65 bits per heavy atom. The van der Waals surface area contributed by atoms with Crippen molar-refractivity contribution in [2.75, 3.05) is 22.8 Å². The number of hydrogen-bond donors (Lipinski definition) is 1. The molecule has 0 fully saturated rings. The number of anilines is 2. The highest BCUT2D eigenvalue weighted by Crippen LogP contribution is 2.30. The fraction of sp³-hybridized carbons (Fsp3) is 0.0870. The van der Waals surface area contributed by atoms with Crippen molar-refractivity contribution >= 4 is 38.9 Å². The highest BCUT2D eigenvalue weighted by atomic mass is 35.5. The second-order valence-corrected chi connectivity index (χ2v) is 8.72. The summed E-state index contributed by atoms with van der Waals surface area (Å²) in [7, 11) is -4.02. The monoisotopic (exact) mass is 456 g/mol. The van der Waals surface area contributed by atoms with Crippen molar-refractivity contribution in [1.82, 2.24) is 0 Å². The van der Waals surface area contributed by atoms with Crippen LogP contribution < -0.4 is 14.4 Å². The first-order chi connectivity index (χ1) is 14.9. The van der Waals surface area contributed by atoms with Gasteiger partial charge in [-0.15, -0.1) is 0 Å². The van der Waals surface area contributed by atoms with Gasteiger partial charge in [0.2, 0.25) is 5.91 Å². The Bertz CT molecular complexity index is 1150. The number of amides is 1. The molecule has 31 heavy (non-hydrogen) atoms. The maximum Gasteiger partial charge on any atom is 0.264 e. The number of rotatable bonds is 9. The Hall–Kier alpha value is -3.29. The molecule has 0 bridgehead atoms. The summed E-state index contributed by atoms with van der Waals surface area (Å²) < 4.78 is 33.0. The van der Waals surface area contributed by atoms with Crippen LogP contribution in [0.15, 0.2) is 96.4 Å². The van der Waals surface area contributed by atoms with E-state index in [1.165, 1.54) is 12.1 Å². The third kappa shape index (κ3) is 5.65. The maximum atomic E-state index is 13.3. The number of para-hydroxylation sites is 1. The largest absolute Gasteiger partial charge is 0.490 e. The van der Waals surface area contributed by atoms with Gasteiger partial charge in [-0.05, 0) is 48.5 Å². The second kappa shape index (κ2) is 10.1. The number of ether oxygens (including phenoxy) is 1. The van der Waals surface area contributed by atoms with Gasteiger partial charge in [-0.25, -0.2) is 8.42 Å². The normalized spacial score (nSPS) is 10.9. The molecule has 3 aromatic rings. The molecule has 0 atom stereocenters. The summed E-state index contributed by atoms with van der Waals surface area (Å²) in [6.45, 7) is 3.51. The second-order valence-electron chi connectivity index (χ2n) is 6.45. The first kappa shape index (κ1) is 22.4. The third-order valence-corrected chi connectivity index (χ3v) is 6.34. The van der Waals surface area contributed by atoms with E-state index in [-0.39, 0.29) is 15.6 Å². The first-order valence-corrected chi connectivity index (χ1v) is 11.2. The molecular weight excluding hydrogens is 436 g/mol. The van der Waals surface area contributed by atoms with Crippen LogP contribution in [0.25, 0.3) is 0 Å². The molecule has 0 aliphatic heterocycles. The number of sulfonamides is 1. The first-order valence-electron chi connectivity index (χ1n) is 9.38. The van der Waals surface area contributed by atoms with E-state index in [1.807, 2.05) is 0 Å². The fourth-order valence-electron chi connectivity index (χ4n) is 2.79. The molecule has 1 N–H and O–H groups in total. The predicted octanol–water partition coefficient (Wildman–Crippen LogP) is 4.74. The lowest BCUT2D eigenvalue weighted by Gasteiger charge is -2.25. The van der Waals surface area contributed by atoms with Crippen LogP contribution in [0.3, 0.4) is 0 Å². The van der Waals surface area contributed by atoms with Gasteiger partial charge in [0.05, 0.1) is 15.6 Å². The van der Waals surface area contributed by atoms with Crippen molar-refractivity contribution in [2.45, 2.75) is 4.90 Å². The molecule has 0 radical (unpaired) electrons. The Labute approximate surface area is 186 Å². The quantitative estimate of drug-likeness (QED) is 0.472. The van der Waals surface area contributed by atoms with Gasteiger partial charge < -0.3 is 10.1 Å². The maximum absolute atomic E-state index is 13.3. The van der Waals surface area contributed by atoms with E-state index >= 15 is 0 Å². The lowest BCUT2D eigenvalue weighted by atomic mass is 10.3. The number of carbonyl (C=O) groups excluding carboxylic acids is 1. The molecular formula is C23H21ClN2O4S. The standard InChI is InChI=1S/C23H21ClN2O4S/c1-2-16-30-19-14-12-18(13-15-19)25-23(27)17-26(22-11-7-6-10-21(22)24)31(28,29)20-8-4-3-5-9-20/h2-15H,1,16-17H2,(H,25,27). The van der Waals surface area contributed by atoms with Gasteiger partial charge in [-0.1, -0.05) is 54.6 Å². The van der Waals surface area contributed by atoms with Crippen LogP contribution in [0, 0.1) is 0 Å². The zero-order valence-electron chi connectivity index (χ0n) is 16.6. The molecule has 160 valence electrons. The van der Waals surface area contributed by atoms with Crippen molar-refractivity contribution in [3.8, 4) is 5.75 Å². The number of nitrogens with zero attached hydrogens (tertiary/aromatic N) is 1. The topological polar surface area (TPSA) is 75.7 Å². The van der Waals surface area contributed by atoms with Crippen LogP contribution in [-0.4, -0.2) is 27.5 Å². The van der Waals surface area contributed by atoms with E-state index in [2.05, 4.69) is 11.9 Å². The molecule has 0 aromatic heterocycles. The summed E-state index contributed by atoms with van der Waals surface area (Å²) in [6.07, 6.45) is 1.63. The van der Waals surface area contributed by atoms with Crippen molar-refractivity contribution in [3.05, 3.63) is 96.5 Å². The zero-order valence-corrected chi connectivity index (χ0v) is 18.1. The number of nitrogens with one attached hydrogen (secondary N) is 1. The molecule has 0 unspecified atom stereocenters. The molecule has 6 nitrogen and oxygen atoms in total. The highest BCUT2D eigenvalue weighted by molar-refractivity contribution is 7.92. The Balaban J connectivity index is 1.84. The van der Waals surface area contributed by atoms with Crippen LogP contribution in [-0.2, 0) is 14.8 Å². The summed E-state index contributed by atoms with van der Waals surface area (Å²) in [4.78, 5) is 12.8. The number of halogens is 1. The van der Waals surface area contributed by atoms with Gasteiger partial charge in [0.25, 0.3) is 10.0 Å². The lowest BCUT2D eigenvalue weighted by Crippen LogP contribution is -2.38. The van der Waals surface area contributed by atoms with Crippen molar-refractivity contribution in [3.63, 3.8) is 0 Å². The fourth-order valence-corrected chi connectivity index (χ4v) is 4.54.